The summed E-state index contributed by atoms with van der Waals surface area (Å²) in [7, 11) is 1.57. The average molecular weight is 377 g/mol. The van der Waals surface area contributed by atoms with Gasteiger partial charge < -0.3 is 25.4 Å². The second-order valence-electron chi connectivity index (χ2n) is 7.26. The number of aliphatic carboxylic acids is 1. The number of nitrogens with one attached hydrogen (secondary N) is 2. The van der Waals surface area contributed by atoms with E-state index >= 15 is 0 Å². The van der Waals surface area contributed by atoms with Crippen molar-refractivity contribution in [3.8, 4) is 0 Å². The zero-order valence-electron chi connectivity index (χ0n) is 16.6. The minimum Gasteiger partial charge on any atom is -0.481 e. The van der Waals surface area contributed by atoms with E-state index in [9.17, 15) is 14.7 Å². The van der Waals surface area contributed by atoms with Crippen LogP contribution < -0.4 is 15.5 Å². The third-order valence-electron chi connectivity index (χ3n) is 5.13. The molecule has 1 aliphatic rings. The van der Waals surface area contributed by atoms with Gasteiger partial charge in [0.25, 0.3) is 0 Å². The standard InChI is InChI=1S/C20H31N3O4/c1-5-14(11-19(24)25)15-6-7-17(16(10-15)22-20(26)21-4)23-8-9-27-12-18(23)13(2)3/h6-7,10,13-14,18H,5,8-9,11-12H2,1-4H3,(H,24,25)(H2,21,22,26)/t14?,18-/m0/s1. The van der Waals surface area contributed by atoms with Gasteiger partial charge in [-0.05, 0) is 36.0 Å². The van der Waals surface area contributed by atoms with Gasteiger partial charge in [0, 0.05) is 13.6 Å². The maximum Gasteiger partial charge on any atom is 0.319 e. The molecule has 0 aromatic heterocycles. The zero-order chi connectivity index (χ0) is 20.0. The van der Waals surface area contributed by atoms with Gasteiger partial charge in [0.15, 0.2) is 0 Å². The molecule has 1 aromatic rings. The summed E-state index contributed by atoms with van der Waals surface area (Å²) in [4.78, 5) is 25.5. The van der Waals surface area contributed by atoms with Crippen LogP contribution in [0.3, 0.4) is 0 Å². The number of carboxylic acid groups (broad SMARTS) is 1. The summed E-state index contributed by atoms with van der Waals surface area (Å²) >= 11 is 0. The normalized spacial score (nSPS) is 18.3. The molecule has 3 N–H and O–H groups in total. The quantitative estimate of drug-likeness (QED) is 0.678. The second kappa shape index (κ2) is 9.60. The number of amides is 2. The zero-order valence-corrected chi connectivity index (χ0v) is 16.6. The van der Waals surface area contributed by atoms with Gasteiger partial charge >= 0.3 is 12.0 Å². The SMILES string of the molecule is CCC(CC(=O)O)c1ccc(N2CCOC[C@H]2C(C)C)c(NC(=O)NC)c1. The van der Waals surface area contributed by atoms with E-state index < -0.39 is 5.97 Å². The maximum absolute atomic E-state index is 12.0. The second-order valence-corrected chi connectivity index (χ2v) is 7.26. The number of hydrogen-bond donors (Lipinski definition) is 3. The Morgan fingerprint density at radius 3 is 2.70 bits per heavy atom. The van der Waals surface area contributed by atoms with Crippen molar-refractivity contribution in [1.82, 2.24) is 5.32 Å². The lowest BCUT2D eigenvalue weighted by molar-refractivity contribution is -0.137. The van der Waals surface area contributed by atoms with Crippen molar-refractivity contribution < 1.29 is 19.4 Å². The molecule has 1 aliphatic heterocycles. The number of urea groups is 1. The molecule has 27 heavy (non-hydrogen) atoms. The lowest BCUT2D eigenvalue weighted by Crippen LogP contribution is -2.48. The third-order valence-corrected chi connectivity index (χ3v) is 5.13. The van der Waals surface area contributed by atoms with Gasteiger partial charge in [-0.15, -0.1) is 0 Å². The Balaban J connectivity index is 2.43. The minimum absolute atomic E-state index is 0.0709. The lowest BCUT2D eigenvalue weighted by atomic mass is 9.92. The number of carbonyl (C=O) groups excluding carboxylic acids is 1. The van der Waals surface area contributed by atoms with Gasteiger partial charge in [-0.25, -0.2) is 4.79 Å². The summed E-state index contributed by atoms with van der Waals surface area (Å²) in [6, 6.07) is 5.80. The number of anilines is 2. The van der Waals surface area contributed by atoms with Crippen LogP contribution in [0.4, 0.5) is 16.2 Å². The van der Waals surface area contributed by atoms with Crippen molar-refractivity contribution in [1.29, 1.82) is 0 Å². The topological polar surface area (TPSA) is 90.9 Å². The third kappa shape index (κ3) is 5.35. The molecule has 2 rings (SSSR count). The highest BCUT2D eigenvalue weighted by molar-refractivity contribution is 5.93. The van der Waals surface area contributed by atoms with Crippen LogP contribution in [0.25, 0.3) is 0 Å². The number of nitrogens with zero attached hydrogens (tertiary/aromatic N) is 1. The van der Waals surface area contributed by atoms with Crippen LogP contribution in [0.15, 0.2) is 18.2 Å². The average Bonchev–Trinajstić information content (AvgIpc) is 2.65. The summed E-state index contributed by atoms with van der Waals surface area (Å²) in [5.41, 5.74) is 2.56. The van der Waals surface area contributed by atoms with Crippen LogP contribution in [-0.2, 0) is 9.53 Å². The number of benzene rings is 1. The molecule has 0 spiro atoms. The Morgan fingerprint density at radius 1 is 1.37 bits per heavy atom. The van der Waals surface area contributed by atoms with E-state index in [0.29, 0.717) is 24.8 Å². The molecular formula is C20H31N3O4. The Morgan fingerprint density at radius 2 is 2.11 bits per heavy atom. The fourth-order valence-corrected chi connectivity index (χ4v) is 3.53. The number of morpholine rings is 1. The molecule has 7 nitrogen and oxygen atoms in total. The molecule has 0 radical (unpaired) electrons. The fraction of sp³-hybridized carbons (Fsp3) is 0.600. The van der Waals surface area contributed by atoms with E-state index in [4.69, 9.17) is 4.74 Å². The molecule has 1 unspecified atom stereocenters. The van der Waals surface area contributed by atoms with Crippen LogP contribution in [0.2, 0.25) is 0 Å². The van der Waals surface area contributed by atoms with Gasteiger partial charge in [-0.2, -0.15) is 0 Å². The molecule has 2 atom stereocenters. The van der Waals surface area contributed by atoms with Crippen LogP contribution >= 0.6 is 0 Å². The molecule has 0 saturated carbocycles. The first kappa shape index (κ1) is 21.0. The highest BCUT2D eigenvalue weighted by Gasteiger charge is 2.28. The van der Waals surface area contributed by atoms with E-state index in [2.05, 4.69) is 29.4 Å². The summed E-state index contributed by atoms with van der Waals surface area (Å²) < 4.78 is 5.65. The first-order chi connectivity index (χ1) is 12.9. The number of rotatable bonds is 7. The Kier molecular flexibility index (Phi) is 7.47. The first-order valence-electron chi connectivity index (χ1n) is 9.56. The van der Waals surface area contributed by atoms with Gasteiger partial charge in [0.1, 0.15) is 0 Å². The van der Waals surface area contributed by atoms with Gasteiger partial charge in [-0.3, -0.25) is 4.79 Å². The van der Waals surface area contributed by atoms with Gasteiger partial charge in [-0.1, -0.05) is 26.8 Å². The van der Waals surface area contributed by atoms with Gasteiger partial charge in [0.05, 0.1) is 37.1 Å². The van der Waals surface area contributed by atoms with E-state index in [1.165, 1.54) is 0 Å². The number of carboxylic acids is 1. The van der Waals surface area contributed by atoms with Crippen molar-refractivity contribution >= 4 is 23.4 Å². The van der Waals surface area contributed by atoms with Crippen molar-refractivity contribution in [2.75, 3.05) is 37.0 Å². The molecule has 1 fully saturated rings. The van der Waals surface area contributed by atoms with Crippen molar-refractivity contribution in [2.24, 2.45) is 5.92 Å². The molecule has 1 aromatic carbocycles. The monoisotopic (exact) mass is 377 g/mol. The number of carbonyl (C=O) groups is 2. The first-order valence-corrected chi connectivity index (χ1v) is 9.56. The van der Waals surface area contributed by atoms with E-state index in [1.54, 1.807) is 7.05 Å². The minimum atomic E-state index is -0.820. The Bertz CT molecular complexity index is 663. The maximum atomic E-state index is 12.0. The van der Waals surface area contributed by atoms with Crippen molar-refractivity contribution in [3.63, 3.8) is 0 Å². The molecule has 1 saturated heterocycles. The van der Waals surface area contributed by atoms with E-state index in [1.807, 2.05) is 25.1 Å². The summed E-state index contributed by atoms with van der Waals surface area (Å²) in [6.07, 6.45) is 0.790. The van der Waals surface area contributed by atoms with Crippen LogP contribution in [0, 0.1) is 5.92 Å². The largest absolute Gasteiger partial charge is 0.481 e. The summed E-state index contributed by atoms with van der Waals surface area (Å²) in [6.45, 7) is 8.33. The highest BCUT2D eigenvalue weighted by Crippen LogP contribution is 2.35. The van der Waals surface area contributed by atoms with E-state index in [0.717, 1.165) is 24.2 Å². The fourth-order valence-electron chi connectivity index (χ4n) is 3.53. The highest BCUT2D eigenvalue weighted by atomic mass is 16.5. The molecule has 7 heteroatoms. The Hall–Kier alpha value is -2.28. The molecular weight excluding hydrogens is 346 g/mol. The van der Waals surface area contributed by atoms with Crippen LogP contribution in [0.5, 0.6) is 0 Å². The van der Waals surface area contributed by atoms with E-state index in [-0.39, 0.29) is 24.4 Å². The summed E-state index contributed by atoms with van der Waals surface area (Å²) in [5, 5.41) is 14.7. The van der Waals surface area contributed by atoms with Gasteiger partial charge in [0.2, 0.25) is 0 Å². The van der Waals surface area contributed by atoms with Crippen LogP contribution in [0.1, 0.15) is 45.1 Å². The molecule has 150 valence electrons. The molecule has 0 aliphatic carbocycles. The van der Waals surface area contributed by atoms with Crippen molar-refractivity contribution in [3.05, 3.63) is 23.8 Å². The molecule has 1 heterocycles. The Labute approximate surface area is 161 Å². The smallest absolute Gasteiger partial charge is 0.319 e. The predicted octanol–water partition coefficient (Wildman–Crippen LogP) is 3.27. The number of hydrogen-bond acceptors (Lipinski definition) is 4. The number of ether oxygens (including phenoxy) is 1. The molecule has 2 amide bonds. The summed E-state index contributed by atoms with van der Waals surface area (Å²) in [5.74, 6) is -0.514. The lowest BCUT2D eigenvalue weighted by Gasteiger charge is -2.40. The predicted molar refractivity (Wildman–Crippen MR) is 107 cm³/mol. The van der Waals surface area contributed by atoms with Crippen molar-refractivity contribution in [2.45, 2.75) is 45.6 Å². The van der Waals surface area contributed by atoms with Crippen LogP contribution in [-0.4, -0.2) is 50.0 Å². The molecule has 0 bridgehead atoms.